The van der Waals surface area contributed by atoms with Crippen LogP contribution in [0.3, 0.4) is 0 Å². The van der Waals surface area contributed by atoms with E-state index in [1.54, 1.807) is 25.5 Å². The molecule has 1 aliphatic heterocycles. The molecule has 0 fully saturated rings. The number of furan rings is 1. The van der Waals surface area contributed by atoms with Crippen LogP contribution in [-0.2, 0) is 10.3 Å². The SMILES string of the molecule is COc1ccc(C2C=C(Br)OC2(c2ccc(F)cc2)c2coc(-c3ccccc3)c2)cc1. The van der Waals surface area contributed by atoms with Gasteiger partial charge in [0.2, 0.25) is 0 Å². The lowest BCUT2D eigenvalue weighted by molar-refractivity contribution is 0.0625. The summed E-state index contributed by atoms with van der Waals surface area (Å²) >= 11 is 3.55. The lowest BCUT2D eigenvalue weighted by Crippen LogP contribution is -2.33. The van der Waals surface area contributed by atoms with Crippen LogP contribution in [0.25, 0.3) is 11.3 Å². The Balaban J connectivity index is 1.68. The van der Waals surface area contributed by atoms with Crippen LogP contribution < -0.4 is 4.74 Å². The fourth-order valence-electron chi connectivity index (χ4n) is 4.27. The Morgan fingerprint density at radius 2 is 1.62 bits per heavy atom. The summed E-state index contributed by atoms with van der Waals surface area (Å²) in [7, 11) is 1.64. The summed E-state index contributed by atoms with van der Waals surface area (Å²) in [5.41, 5.74) is 2.74. The van der Waals surface area contributed by atoms with Crippen molar-refractivity contribution < 1.29 is 18.3 Å². The molecule has 0 bridgehead atoms. The van der Waals surface area contributed by atoms with Gasteiger partial charge >= 0.3 is 0 Å². The molecule has 160 valence electrons. The van der Waals surface area contributed by atoms with Gasteiger partial charge in [0.05, 0.1) is 19.3 Å². The summed E-state index contributed by atoms with van der Waals surface area (Å²) in [5, 5.41) is 0. The second-order valence-electron chi connectivity index (χ2n) is 7.63. The van der Waals surface area contributed by atoms with Gasteiger partial charge in [0, 0.05) is 16.7 Å². The largest absolute Gasteiger partial charge is 0.497 e. The van der Waals surface area contributed by atoms with Crippen LogP contribution >= 0.6 is 15.9 Å². The maximum absolute atomic E-state index is 13.8. The van der Waals surface area contributed by atoms with Gasteiger partial charge in [-0.05, 0) is 57.9 Å². The second-order valence-corrected chi connectivity index (χ2v) is 8.41. The summed E-state index contributed by atoms with van der Waals surface area (Å²) < 4.78 is 32.2. The molecular formula is C27H20BrFO3. The van der Waals surface area contributed by atoms with Crippen molar-refractivity contribution in [2.24, 2.45) is 0 Å². The Bertz CT molecular complexity index is 1250. The fourth-order valence-corrected chi connectivity index (χ4v) is 4.79. The Morgan fingerprint density at radius 1 is 0.906 bits per heavy atom. The van der Waals surface area contributed by atoms with Crippen LogP contribution in [-0.4, -0.2) is 7.11 Å². The molecule has 2 heterocycles. The Labute approximate surface area is 194 Å². The van der Waals surface area contributed by atoms with E-state index in [2.05, 4.69) is 15.9 Å². The van der Waals surface area contributed by atoms with Crippen molar-refractivity contribution in [2.75, 3.05) is 7.11 Å². The highest BCUT2D eigenvalue weighted by atomic mass is 79.9. The van der Waals surface area contributed by atoms with Crippen molar-refractivity contribution in [1.29, 1.82) is 0 Å². The zero-order valence-corrected chi connectivity index (χ0v) is 18.9. The molecular weight excluding hydrogens is 471 g/mol. The van der Waals surface area contributed by atoms with Crippen LogP contribution in [0.15, 0.2) is 106 Å². The molecule has 0 N–H and O–H groups in total. The molecule has 32 heavy (non-hydrogen) atoms. The van der Waals surface area contributed by atoms with Gasteiger partial charge in [-0.2, -0.15) is 0 Å². The maximum Gasteiger partial charge on any atom is 0.173 e. The molecule has 0 radical (unpaired) electrons. The van der Waals surface area contributed by atoms with Gasteiger partial charge in [-0.15, -0.1) is 0 Å². The highest BCUT2D eigenvalue weighted by Gasteiger charge is 2.49. The van der Waals surface area contributed by atoms with Crippen LogP contribution in [0.2, 0.25) is 0 Å². The van der Waals surface area contributed by atoms with Gasteiger partial charge in [0.25, 0.3) is 0 Å². The third-order valence-electron chi connectivity index (χ3n) is 5.83. The number of ether oxygens (including phenoxy) is 2. The molecule has 3 nitrogen and oxygen atoms in total. The van der Waals surface area contributed by atoms with Gasteiger partial charge in [-0.3, -0.25) is 0 Å². The number of methoxy groups -OCH3 is 1. The molecule has 0 aliphatic carbocycles. The van der Waals surface area contributed by atoms with E-state index in [0.29, 0.717) is 4.67 Å². The Kier molecular flexibility index (Phi) is 5.35. The van der Waals surface area contributed by atoms with E-state index < -0.39 is 5.60 Å². The monoisotopic (exact) mass is 490 g/mol. The first-order valence-corrected chi connectivity index (χ1v) is 11.0. The second kappa shape index (κ2) is 8.32. The smallest absolute Gasteiger partial charge is 0.173 e. The first kappa shape index (κ1) is 20.6. The van der Waals surface area contributed by atoms with Crippen molar-refractivity contribution in [3.63, 3.8) is 0 Å². The molecule has 1 aromatic heterocycles. The molecule has 0 amide bonds. The summed E-state index contributed by atoms with van der Waals surface area (Å²) in [6, 6.07) is 26.2. The van der Waals surface area contributed by atoms with Crippen LogP contribution in [0.4, 0.5) is 4.39 Å². The molecule has 3 aromatic carbocycles. The molecule has 5 rings (SSSR count). The Morgan fingerprint density at radius 3 is 2.31 bits per heavy atom. The van der Waals surface area contributed by atoms with Gasteiger partial charge in [0.15, 0.2) is 10.3 Å². The molecule has 2 unspecified atom stereocenters. The molecule has 0 saturated carbocycles. The third-order valence-corrected chi connectivity index (χ3v) is 6.25. The van der Waals surface area contributed by atoms with E-state index in [0.717, 1.165) is 33.8 Å². The van der Waals surface area contributed by atoms with E-state index in [4.69, 9.17) is 13.9 Å². The predicted molar refractivity (Wildman–Crippen MR) is 125 cm³/mol. The average molecular weight is 491 g/mol. The van der Waals surface area contributed by atoms with Crippen molar-refractivity contribution in [1.82, 2.24) is 0 Å². The topological polar surface area (TPSA) is 31.6 Å². The minimum absolute atomic E-state index is 0.186. The zero-order valence-electron chi connectivity index (χ0n) is 17.3. The number of halogens is 2. The number of hydrogen-bond acceptors (Lipinski definition) is 3. The average Bonchev–Trinajstić information content (AvgIpc) is 3.46. The predicted octanol–water partition coefficient (Wildman–Crippen LogP) is 7.39. The first-order valence-electron chi connectivity index (χ1n) is 10.2. The molecule has 5 heteroatoms. The molecule has 0 saturated heterocycles. The summed E-state index contributed by atoms with van der Waals surface area (Å²) in [4.78, 5) is 0. The van der Waals surface area contributed by atoms with Crippen molar-refractivity contribution >= 4 is 15.9 Å². The van der Waals surface area contributed by atoms with E-state index >= 15 is 0 Å². The summed E-state index contributed by atoms with van der Waals surface area (Å²) in [5.74, 6) is 1.03. The molecule has 2 atom stereocenters. The first-order chi connectivity index (χ1) is 15.6. The standard InChI is InChI=1S/C27H20BrFO3/c1-30-23-13-7-18(8-14-23)24-16-26(28)32-27(24,20-9-11-22(29)12-10-20)21-15-25(31-17-21)19-5-3-2-4-6-19/h2-17,24H,1H3. The van der Waals surface area contributed by atoms with Crippen LogP contribution in [0, 0.1) is 5.82 Å². The lowest BCUT2D eigenvalue weighted by Gasteiger charge is -2.35. The highest BCUT2D eigenvalue weighted by Crippen LogP contribution is 2.54. The highest BCUT2D eigenvalue weighted by molar-refractivity contribution is 9.11. The number of benzene rings is 3. The normalized spacial score (nSPS) is 20.0. The van der Waals surface area contributed by atoms with Crippen LogP contribution in [0.1, 0.15) is 22.6 Å². The minimum atomic E-state index is -0.933. The Hall–Kier alpha value is -3.31. The van der Waals surface area contributed by atoms with Gasteiger partial charge in [0.1, 0.15) is 17.3 Å². The van der Waals surface area contributed by atoms with E-state index in [1.807, 2.05) is 66.7 Å². The van der Waals surface area contributed by atoms with Gasteiger partial charge in [-0.25, -0.2) is 4.39 Å². The third kappa shape index (κ3) is 3.53. The quantitative estimate of drug-likeness (QED) is 0.292. The molecule has 1 aliphatic rings. The number of hydrogen-bond donors (Lipinski definition) is 0. The van der Waals surface area contributed by atoms with Crippen LogP contribution in [0.5, 0.6) is 5.75 Å². The van der Waals surface area contributed by atoms with Crippen molar-refractivity contribution in [2.45, 2.75) is 11.5 Å². The maximum atomic E-state index is 13.8. The molecule has 0 spiro atoms. The van der Waals surface area contributed by atoms with Crippen molar-refractivity contribution in [3.05, 3.63) is 124 Å². The summed E-state index contributed by atoms with van der Waals surface area (Å²) in [6.45, 7) is 0. The van der Waals surface area contributed by atoms with E-state index in [1.165, 1.54) is 12.1 Å². The fraction of sp³-hybridized carbons (Fsp3) is 0.111. The zero-order chi connectivity index (χ0) is 22.1. The lowest BCUT2D eigenvalue weighted by atomic mass is 9.74. The number of rotatable bonds is 5. The van der Waals surface area contributed by atoms with Crippen molar-refractivity contribution in [3.8, 4) is 17.1 Å². The summed E-state index contributed by atoms with van der Waals surface area (Å²) in [6.07, 6.45) is 3.75. The van der Waals surface area contributed by atoms with E-state index in [9.17, 15) is 4.39 Å². The molecule has 4 aromatic rings. The van der Waals surface area contributed by atoms with Gasteiger partial charge in [-0.1, -0.05) is 54.6 Å². The van der Waals surface area contributed by atoms with E-state index in [-0.39, 0.29) is 11.7 Å². The minimum Gasteiger partial charge on any atom is -0.497 e. The van der Waals surface area contributed by atoms with Gasteiger partial charge < -0.3 is 13.9 Å².